The number of nitrogens with one attached hydrogen (secondary N) is 1. The molecule has 3 atom stereocenters. The smallest absolute Gasteiger partial charge is 0.254 e. The first kappa shape index (κ1) is 27.7. The topological polar surface area (TPSA) is 107 Å². The van der Waals surface area contributed by atoms with Crippen molar-refractivity contribution in [1.29, 1.82) is 0 Å². The van der Waals surface area contributed by atoms with Crippen LogP contribution in [0.25, 0.3) is 0 Å². The molecule has 7 nitrogen and oxygen atoms in total. The maximum atomic E-state index is 13.6. The average Bonchev–Trinajstić information content (AvgIpc) is 3.14. The first-order chi connectivity index (χ1) is 16.9. The third-order valence-electron chi connectivity index (χ3n) is 6.54. The van der Waals surface area contributed by atoms with Crippen LogP contribution >= 0.6 is 11.8 Å². The molecule has 8 heteroatoms. The molecule has 0 unspecified atom stereocenters. The van der Waals surface area contributed by atoms with Gasteiger partial charge in [0.25, 0.3) is 11.8 Å². The van der Waals surface area contributed by atoms with Gasteiger partial charge in [-0.05, 0) is 50.8 Å². The van der Waals surface area contributed by atoms with Crippen molar-refractivity contribution in [3.8, 4) is 5.75 Å². The highest BCUT2D eigenvalue weighted by Gasteiger charge is 2.49. The summed E-state index contributed by atoms with van der Waals surface area (Å²) in [4.78, 5) is 41.4. The zero-order valence-corrected chi connectivity index (χ0v) is 22.3. The molecule has 1 aliphatic rings. The maximum Gasteiger partial charge on any atom is 0.254 e. The zero-order chi connectivity index (χ0) is 26.6. The van der Waals surface area contributed by atoms with Gasteiger partial charge in [-0.25, -0.2) is 0 Å². The lowest BCUT2D eigenvalue weighted by Crippen LogP contribution is -2.57. The number of phenolic OH excluding ortho intramolecular Hbond substituents is 1. The van der Waals surface area contributed by atoms with Crippen LogP contribution in [0.4, 0.5) is 0 Å². The van der Waals surface area contributed by atoms with Crippen LogP contribution in [0, 0.1) is 12.8 Å². The number of thioether (sulfide) groups is 1. The monoisotopic (exact) mass is 512 g/mol. The van der Waals surface area contributed by atoms with Crippen molar-refractivity contribution in [3.05, 3.63) is 65.2 Å². The van der Waals surface area contributed by atoms with Gasteiger partial charge < -0.3 is 20.4 Å². The van der Waals surface area contributed by atoms with Crippen molar-refractivity contribution in [2.45, 2.75) is 70.4 Å². The summed E-state index contributed by atoms with van der Waals surface area (Å²) in [5.74, 6) is -0.684. The molecule has 36 heavy (non-hydrogen) atoms. The van der Waals surface area contributed by atoms with Gasteiger partial charge in [0.1, 0.15) is 11.8 Å². The molecule has 0 aromatic heterocycles. The number of aromatic hydroxyl groups is 1. The van der Waals surface area contributed by atoms with E-state index in [1.165, 1.54) is 22.7 Å². The number of aliphatic hydroxyl groups is 1. The SMILES string of the molecule is Cc1c(O)cccc1C(=O)N[C@@H](Cc1ccccc1)[C@H](O)C(=O)N1CSC(C)(C)[C@H]1C(=O)CC(C)C. The van der Waals surface area contributed by atoms with Crippen LogP contribution in [-0.2, 0) is 16.0 Å². The number of Topliss-reactive ketones (excluding diaryl/α,β-unsaturated/α-hetero) is 1. The molecule has 0 aliphatic carbocycles. The summed E-state index contributed by atoms with van der Waals surface area (Å²) in [5, 5.41) is 24.1. The third kappa shape index (κ3) is 6.28. The zero-order valence-electron chi connectivity index (χ0n) is 21.5. The quantitative estimate of drug-likeness (QED) is 0.473. The molecular formula is C28H36N2O5S. The number of hydrogen-bond acceptors (Lipinski definition) is 6. The highest BCUT2D eigenvalue weighted by atomic mass is 32.2. The van der Waals surface area contributed by atoms with Gasteiger partial charge >= 0.3 is 0 Å². The van der Waals surface area contributed by atoms with Gasteiger partial charge in [-0.3, -0.25) is 14.4 Å². The van der Waals surface area contributed by atoms with Crippen LogP contribution in [0.2, 0.25) is 0 Å². The molecule has 2 aromatic carbocycles. The van der Waals surface area contributed by atoms with Crippen LogP contribution in [-0.4, -0.2) is 61.5 Å². The third-order valence-corrected chi connectivity index (χ3v) is 7.92. The van der Waals surface area contributed by atoms with E-state index in [1.807, 2.05) is 58.0 Å². The number of amides is 2. The molecule has 0 radical (unpaired) electrons. The van der Waals surface area contributed by atoms with Gasteiger partial charge in [0.2, 0.25) is 0 Å². The molecule has 0 saturated carbocycles. The van der Waals surface area contributed by atoms with Crippen molar-refractivity contribution < 1.29 is 24.6 Å². The minimum absolute atomic E-state index is 0.0123. The minimum atomic E-state index is -1.56. The van der Waals surface area contributed by atoms with Crippen LogP contribution in [0.3, 0.4) is 0 Å². The Balaban J connectivity index is 1.89. The van der Waals surface area contributed by atoms with E-state index in [2.05, 4.69) is 5.32 Å². The lowest BCUT2D eigenvalue weighted by Gasteiger charge is -2.33. The predicted molar refractivity (Wildman–Crippen MR) is 142 cm³/mol. The lowest BCUT2D eigenvalue weighted by molar-refractivity contribution is -0.146. The largest absolute Gasteiger partial charge is 0.508 e. The van der Waals surface area contributed by atoms with Gasteiger partial charge in [0.05, 0.1) is 11.9 Å². The number of benzene rings is 2. The number of rotatable bonds is 9. The van der Waals surface area contributed by atoms with Crippen LogP contribution in [0.5, 0.6) is 5.75 Å². The Labute approximate surface area is 217 Å². The van der Waals surface area contributed by atoms with Gasteiger partial charge in [-0.2, -0.15) is 0 Å². The molecule has 2 amide bonds. The molecular weight excluding hydrogens is 476 g/mol. The first-order valence-electron chi connectivity index (χ1n) is 12.2. The molecule has 3 rings (SSSR count). The molecule has 1 fully saturated rings. The number of nitrogens with zero attached hydrogens (tertiary/aromatic N) is 1. The van der Waals surface area contributed by atoms with E-state index in [9.17, 15) is 24.6 Å². The summed E-state index contributed by atoms with van der Waals surface area (Å²) in [6.45, 7) is 9.43. The number of aliphatic hydroxyl groups excluding tert-OH is 1. The summed E-state index contributed by atoms with van der Waals surface area (Å²) < 4.78 is -0.488. The van der Waals surface area contributed by atoms with Crippen molar-refractivity contribution >= 4 is 29.4 Å². The summed E-state index contributed by atoms with van der Waals surface area (Å²) in [7, 11) is 0. The van der Waals surface area contributed by atoms with Crippen molar-refractivity contribution in [2.24, 2.45) is 5.92 Å². The first-order valence-corrected chi connectivity index (χ1v) is 13.2. The van der Waals surface area contributed by atoms with Crippen molar-refractivity contribution in [2.75, 3.05) is 5.88 Å². The minimum Gasteiger partial charge on any atom is -0.508 e. The highest BCUT2D eigenvalue weighted by molar-refractivity contribution is 8.00. The van der Waals surface area contributed by atoms with Crippen LogP contribution in [0.1, 0.15) is 55.6 Å². The normalized spacial score (nSPS) is 18.6. The van der Waals surface area contributed by atoms with Crippen molar-refractivity contribution in [1.82, 2.24) is 10.2 Å². The molecule has 2 aromatic rings. The molecule has 1 aliphatic heterocycles. The van der Waals surface area contributed by atoms with Crippen LogP contribution in [0.15, 0.2) is 48.5 Å². The van der Waals surface area contributed by atoms with E-state index < -0.39 is 34.7 Å². The van der Waals surface area contributed by atoms with Gasteiger partial charge in [0, 0.05) is 22.3 Å². The van der Waals surface area contributed by atoms with Gasteiger partial charge in [-0.1, -0.05) is 50.2 Å². The number of phenols is 1. The summed E-state index contributed by atoms with van der Waals surface area (Å²) in [6, 6.07) is 12.3. The fourth-order valence-corrected chi connectivity index (χ4v) is 5.76. The maximum absolute atomic E-state index is 13.6. The average molecular weight is 513 g/mol. The summed E-state index contributed by atoms with van der Waals surface area (Å²) in [5.41, 5.74) is 1.51. The molecule has 1 saturated heterocycles. The van der Waals surface area contributed by atoms with E-state index in [1.54, 1.807) is 19.1 Å². The Hall–Kier alpha value is -2.84. The van der Waals surface area contributed by atoms with Gasteiger partial charge in [-0.15, -0.1) is 11.8 Å². The van der Waals surface area contributed by atoms with E-state index in [-0.39, 0.29) is 35.3 Å². The Kier molecular flexibility index (Phi) is 8.84. The molecule has 3 N–H and O–H groups in total. The molecule has 0 spiro atoms. The number of carbonyl (C=O) groups is 3. The highest BCUT2D eigenvalue weighted by Crippen LogP contribution is 2.41. The number of ketones is 1. The van der Waals surface area contributed by atoms with Crippen LogP contribution < -0.4 is 5.32 Å². The van der Waals surface area contributed by atoms with E-state index >= 15 is 0 Å². The molecule has 1 heterocycles. The second-order valence-corrected chi connectivity index (χ2v) is 11.9. The standard InChI is InChI=1S/C28H36N2O5S/c1-17(2)14-23(32)25-28(4,5)36-16-30(25)27(35)24(33)21(15-19-10-7-6-8-11-19)29-26(34)20-12-9-13-22(31)18(20)3/h6-13,17,21,24-25,31,33H,14-16H2,1-5H3,(H,29,34)/t21-,24-,25+/m0/s1. The fourth-order valence-electron chi connectivity index (χ4n) is 4.60. The summed E-state index contributed by atoms with van der Waals surface area (Å²) in [6.07, 6.45) is -1.00. The Morgan fingerprint density at radius 1 is 1.11 bits per heavy atom. The molecule has 194 valence electrons. The van der Waals surface area contributed by atoms with Gasteiger partial charge in [0.15, 0.2) is 11.9 Å². The second kappa shape index (κ2) is 11.5. The number of hydrogen-bond donors (Lipinski definition) is 3. The number of carbonyl (C=O) groups excluding carboxylic acids is 3. The van der Waals surface area contributed by atoms with E-state index in [0.29, 0.717) is 12.0 Å². The Morgan fingerprint density at radius 3 is 2.42 bits per heavy atom. The fraction of sp³-hybridized carbons (Fsp3) is 0.464. The molecule has 0 bridgehead atoms. The van der Waals surface area contributed by atoms with E-state index in [4.69, 9.17) is 0 Å². The predicted octanol–water partition coefficient (Wildman–Crippen LogP) is 3.70. The second-order valence-electron chi connectivity index (χ2n) is 10.3. The Bertz CT molecular complexity index is 1100. The van der Waals surface area contributed by atoms with Crippen molar-refractivity contribution in [3.63, 3.8) is 0 Å². The lowest BCUT2D eigenvalue weighted by atomic mass is 9.91. The Morgan fingerprint density at radius 2 is 1.78 bits per heavy atom. The van der Waals surface area contributed by atoms with E-state index in [0.717, 1.165) is 5.56 Å². The summed E-state index contributed by atoms with van der Waals surface area (Å²) >= 11 is 1.50.